The van der Waals surface area contributed by atoms with Crippen molar-refractivity contribution >= 4 is 69.8 Å². The molecular formula is C44H39BrNOP. The molecule has 0 saturated carbocycles. The molecule has 0 radical (unpaired) electrons. The maximum atomic E-state index is 13.7. The van der Waals surface area contributed by atoms with Gasteiger partial charge >= 0.3 is 293 Å². The van der Waals surface area contributed by atoms with Crippen molar-refractivity contribution in [1.29, 1.82) is 0 Å². The minimum atomic E-state index is -3.54. The zero-order valence-electron chi connectivity index (χ0n) is 27.5. The Morgan fingerprint density at radius 3 is 1.56 bits per heavy atom. The quantitative estimate of drug-likeness (QED) is 0.164. The van der Waals surface area contributed by atoms with Gasteiger partial charge in [-0.05, 0) is 0 Å². The van der Waals surface area contributed by atoms with Gasteiger partial charge in [-0.25, -0.2) is 0 Å². The Bertz CT molecular complexity index is 2220. The Kier molecular flexibility index (Phi) is 8.32. The molecule has 0 atom stereocenters. The number of hydrogen-bond acceptors (Lipinski definition) is 1. The average Bonchev–Trinajstić information content (AvgIpc) is 3.12. The standard InChI is InChI=1S/C44H39BrNOP/c1-44(2,3)43(47)46-39-29-27-33-19-13-15-25-37(33)41(39)42-38-26-16-14-20-34(38)28-30-40(42)48(45,35-21-9-5-10-22-35,36-23-11-6-12-24-36)31-32-17-7-4-8-18-32/h4-30H,31H2,1-3H3,(H,46,47). The van der Waals surface area contributed by atoms with Gasteiger partial charge in [0.2, 0.25) is 0 Å². The van der Waals surface area contributed by atoms with Crippen LogP contribution in [-0.4, -0.2) is 5.91 Å². The maximum absolute atomic E-state index is 13.7. The molecule has 48 heavy (non-hydrogen) atoms. The molecule has 0 bridgehead atoms. The third-order valence-electron chi connectivity index (χ3n) is 9.43. The van der Waals surface area contributed by atoms with E-state index in [0.29, 0.717) is 0 Å². The van der Waals surface area contributed by atoms with E-state index in [0.717, 1.165) is 44.5 Å². The van der Waals surface area contributed by atoms with Crippen LogP contribution < -0.4 is 21.2 Å². The fraction of sp³-hybridized carbons (Fsp3) is 0.114. The van der Waals surface area contributed by atoms with Crippen molar-refractivity contribution in [3.05, 3.63) is 169 Å². The van der Waals surface area contributed by atoms with Crippen LogP contribution in [0.25, 0.3) is 32.7 Å². The van der Waals surface area contributed by atoms with E-state index < -0.39 is 10.7 Å². The molecule has 2 nitrogen and oxygen atoms in total. The first kappa shape index (κ1) is 32.0. The molecule has 1 N–H and O–H groups in total. The molecule has 0 aromatic heterocycles. The zero-order valence-corrected chi connectivity index (χ0v) is 30.0. The first-order chi connectivity index (χ1) is 23.2. The fourth-order valence-corrected chi connectivity index (χ4v) is 15.1. The van der Waals surface area contributed by atoms with Crippen LogP contribution in [0.4, 0.5) is 5.69 Å². The Balaban J connectivity index is 1.71. The summed E-state index contributed by atoms with van der Waals surface area (Å²) >= 11 is 4.80. The Morgan fingerprint density at radius 1 is 0.562 bits per heavy atom. The Morgan fingerprint density at radius 2 is 1.02 bits per heavy atom. The van der Waals surface area contributed by atoms with Gasteiger partial charge in [-0.2, -0.15) is 0 Å². The van der Waals surface area contributed by atoms with Crippen molar-refractivity contribution < 1.29 is 4.79 Å². The van der Waals surface area contributed by atoms with Gasteiger partial charge in [0.25, 0.3) is 0 Å². The molecule has 0 unspecified atom stereocenters. The zero-order chi connectivity index (χ0) is 33.4. The van der Waals surface area contributed by atoms with Gasteiger partial charge in [0, 0.05) is 0 Å². The molecule has 0 aliphatic carbocycles. The van der Waals surface area contributed by atoms with Crippen LogP contribution in [0.5, 0.6) is 0 Å². The summed E-state index contributed by atoms with van der Waals surface area (Å²) in [4.78, 5) is 13.7. The number of carbonyl (C=O) groups excluding carboxylic acids is 1. The van der Waals surface area contributed by atoms with Gasteiger partial charge in [0.05, 0.1) is 0 Å². The molecule has 7 rings (SSSR count). The van der Waals surface area contributed by atoms with Gasteiger partial charge in [0.15, 0.2) is 0 Å². The van der Waals surface area contributed by atoms with Crippen LogP contribution in [0.2, 0.25) is 0 Å². The molecule has 0 aliphatic rings. The van der Waals surface area contributed by atoms with Gasteiger partial charge < -0.3 is 0 Å². The van der Waals surface area contributed by atoms with E-state index >= 15 is 0 Å². The third kappa shape index (κ3) is 5.46. The van der Waals surface area contributed by atoms with Crippen molar-refractivity contribution in [3.63, 3.8) is 0 Å². The van der Waals surface area contributed by atoms with Gasteiger partial charge in [-0.1, -0.05) is 0 Å². The minimum absolute atomic E-state index is 0.0208. The van der Waals surface area contributed by atoms with E-state index in [-0.39, 0.29) is 5.91 Å². The molecule has 0 aliphatic heterocycles. The monoisotopic (exact) mass is 707 g/mol. The SMILES string of the molecule is CC(C)(C)C(=O)Nc1ccc2ccccc2c1-c1c(P(Br)(Cc2ccccc2)(c2ccccc2)c2ccccc2)ccc2ccccc12. The van der Waals surface area contributed by atoms with E-state index in [4.69, 9.17) is 15.5 Å². The number of nitrogens with one attached hydrogen (secondary N) is 1. The second-order valence-corrected chi connectivity index (χ2v) is 22.5. The summed E-state index contributed by atoms with van der Waals surface area (Å²) < 4.78 is 0. The van der Waals surface area contributed by atoms with Gasteiger partial charge in [-0.15, -0.1) is 0 Å². The van der Waals surface area contributed by atoms with E-state index in [9.17, 15) is 4.79 Å². The molecule has 0 fully saturated rings. The average molecular weight is 709 g/mol. The van der Waals surface area contributed by atoms with Crippen molar-refractivity contribution in [2.45, 2.75) is 26.9 Å². The predicted octanol–water partition coefficient (Wildman–Crippen LogP) is 11.0. The van der Waals surface area contributed by atoms with Crippen LogP contribution in [-0.2, 0) is 11.0 Å². The van der Waals surface area contributed by atoms with Crippen LogP contribution in [0.15, 0.2) is 164 Å². The summed E-state index contributed by atoms with van der Waals surface area (Å²) in [6.07, 6.45) is 0.764. The number of amides is 1. The molecular weight excluding hydrogens is 669 g/mol. The van der Waals surface area contributed by atoms with Crippen molar-refractivity contribution in [3.8, 4) is 11.1 Å². The van der Waals surface area contributed by atoms with Crippen molar-refractivity contribution in [1.82, 2.24) is 0 Å². The fourth-order valence-electron chi connectivity index (χ4n) is 6.97. The van der Waals surface area contributed by atoms with Gasteiger partial charge in [-0.3, -0.25) is 0 Å². The topological polar surface area (TPSA) is 29.1 Å². The molecule has 238 valence electrons. The number of hydrogen-bond donors (Lipinski definition) is 1. The van der Waals surface area contributed by atoms with Crippen molar-refractivity contribution in [2.24, 2.45) is 5.41 Å². The first-order valence-corrected chi connectivity index (χ1v) is 20.9. The van der Waals surface area contributed by atoms with Gasteiger partial charge in [0.1, 0.15) is 0 Å². The molecule has 7 aromatic carbocycles. The first-order valence-electron chi connectivity index (χ1n) is 16.4. The number of carbonyl (C=O) groups is 1. The molecule has 0 spiro atoms. The Labute approximate surface area is 291 Å². The number of halogens is 1. The normalized spacial score (nSPS) is 12.8. The summed E-state index contributed by atoms with van der Waals surface area (Å²) in [6.45, 7) is 5.88. The van der Waals surface area contributed by atoms with E-state index in [1.807, 2.05) is 20.8 Å². The van der Waals surface area contributed by atoms with Crippen LogP contribution in [0.3, 0.4) is 0 Å². The number of benzene rings is 7. The second-order valence-electron chi connectivity index (χ2n) is 13.6. The molecule has 0 heterocycles. The number of fused-ring (bicyclic) bond motifs is 2. The number of anilines is 1. The van der Waals surface area contributed by atoms with Crippen LogP contribution in [0, 0.1) is 5.41 Å². The Hall–Kier alpha value is -4.56. The van der Waals surface area contributed by atoms with Crippen molar-refractivity contribution in [2.75, 3.05) is 5.32 Å². The molecule has 0 saturated heterocycles. The summed E-state index contributed by atoms with van der Waals surface area (Å²) in [5.74, 6) is -0.0208. The summed E-state index contributed by atoms with van der Waals surface area (Å²) in [5, 5.41) is 8.08. The van der Waals surface area contributed by atoms with E-state index in [2.05, 4.69) is 169 Å². The predicted molar refractivity (Wildman–Crippen MR) is 213 cm³/mol. The third-order valence-corrected chi connectivity index (χ3v) is 18.9. The number of rotatable bonds is 7. The summed E-state index contributed by atoms with van der Waals surface area (Å²) in [7, 11) is 0. The molecule has 4 heteroatoms. The summed E-state index contributed by atoms with van der Waals surface area (Å²) in [5.41, 5.74) is 3.65. The van der Waals surface area contributed by atoms with E-state index in [1.54, 1.807) is 0 Å². The second kappa shape index (κ2) is 12.5. The summed E-state index contributed by atoms with van der Waals surface area (Å²) in [6, 6.07) is 58.7. The van der Waals surface area contributed by atoms with Crippen LogP contribution >= 0.6 is 20.8 Å². The molecule has 1 amide bonds. The molecule has 7 aromatic rings. The van der Waals surface area contributed by atoms with E-state index in [1.165, 1.54) is 21.5 Å². The van der Waals surface area contributed by atoms with Crippen LogP contribution in [0.1, 0.15) is 26.3 Å².